The van der Waals surface area contributed by atoms with Gasteiger partial charge in [-0.3, -0.25) is 9.59 Å². The van der Waals surface area contributed by atoms with Crippen LogP contribution in [0.5, 0.6) is 0 Å². The Morgan fingerprint density at radius 2 is 1.81 bits per heavy atom. The highest BCUT2D eigenvalue weighted by atomic mass is 32.1. The van der Waals surface area contributed by atoms with Gasteiger partial charge in [0.1, 0.15) is 5.00 Å². The summed E-state index contributed by atoms with van der Waals surface area (Å²) in [5, 5.41) is 3.87. The Morgan fingerprint density at radius 3 is 2.47 bits per heavy atom. The van der Waals surface area contributed by atoms with Crippen LogP contribution in [0.15, 0.2) is 42.5 Å². The first-order valence-electron chi connectivity index (χ1n) is 11.6. The number of ether oxygens (including phenoxy) is 1. The van der Waals surface area contributed by atoms with Gasteiger partial charge in [-0.25, -0.2) is 9.78 Å². The number of nitrogens with one attached hydrogen (secondary N) is 1. The van der Waals surface area contributed by atoms with E-state index in [2.05, 4.69) is 18.3 Å². The number of rotatable bonds is 7. The van der Waals surface area contributed by atoms with E-state index in [4.69, 9.17) is 9.72 Å². The van der Waals surface area contributed by atoms with E-state index in [1.54, 1.807) is 45.3 Å². The van der Waals surface area contributed by atoms with Crippen LogP contribution in [-0.4, -0.2) is 48.4 Å². The monoisotopic (exact) mass is 521 g/mol. The van der Waals surface area contributed by atoms with Crippen molar-refractivity contribution < 1.29 is 19.1 Å². The Labute approximate surface area is 217 Å². The van der Waals surface area contributed by atoms with E-state index < -0.39 is 11.9 Å². The van der Waals surface area contributed by atoms with Gasteiger partial charge in [0.2, 0.25) is 0 Å². The largest absolute Gasteiger partial charge is 0.462 e. The summed E-state index contributed by atoms with van der Waals surface area (Å²) in [4.78, 5) is 48.0. The topological polar surface area (TPSA) is 88.6 Å². The number of benzene rings is 1. The average molecular weight is 522 g/mol. The summed E-state index contributed by atoms with van der Waals surface area (Å²) in [6.45, 7) is 5.68. The van der Waals surface area contributed by atoms with Crippen LogP contribution in [0.2, 0.25) is 0 Å². The predicted molar refractivity (Wildman–Crippen MR) is 145 cm³/mol. The number of nitrogens with zero attached hydrogens (tertiary/aromatic N) is 2. The first-order chi connectivity index (χ1) is 17.2. The number of thiophene rings is 2. The third-order valence-corrected chi connectivity index (χ3v) is 8.12. The average Bonchev–Trinajstić information content (AvgIpc) is 3.47. The summed E-state index contributed by atoms with van der Waals surface area (Å²) in [7, 11) is 3.28. The second-order valence-electron chi connectivity index (χ2n) is 8.33. The molecule has 3 heterocycles. The highest BCUT2D eigenvalue weighted by Gasteiger charge is 2.28. The lowest BCUT2D eigenvalue weighted by atomic mass is 10.1. The molecule has 2 amide bonds. The van der Waals surface area contributed by atoms with Crippen LogP contribution in [0.1, 0.15) is 54.7 Å². The summed E-state index contributed by atoms with van der Waals surface area (Å²) < 4.78 is 5.23. The smallest absolute Gasteiger partial charge is 0.341 e. The molecule has 3 aromatic heterocycles. The van der Waals surface area contributed by atoms with E-state index in [1.807, 2.05) is 30.3 Å². The number of para-hydroxylation sites is 1. The third-order valence-electron chi connectivity index (χ3n) is 5.68. The normalized spacial score (nSPS) is 10.9. The molecule has 0 atom stereocenters. The van der Waals surface area contributed by atoms with E-state index >= 15 is 0 Å². The quantitative estimate of drug-likeness (QED) is 0.300. The van der Waals surface area contributed by atoms with Crippen LogP contribution in [0.3, 0.4) is 0 Å². The number of hydrogen-bond donors (Lipinski definition) is 1. The zero-order chi connectivity index (χ0) is 26.0. The first-order valence-corrected chi connectivity index (χ1v) is 13.2. The molecule has 7 nitrogen and oxygen atoms in total. The minimum Gasteiger partial charge on any atom is -0.462 e. The lowest BCUT2D eigenvalue weighted by Gasteiger charge is -2.10. The number of aryl methyl sites for hydroxylation is 1. The van der Waals surface area contributed by atoms with Crippen LogP contribution in [-0.2, 0) is 11.2 Å². The second kappa shape index (κ2) is 10.6. The Hall–Kier alpha value is -3.56. The minimum absolute atomic E-state index is 0.178. The van der Waals surface area contributed by atoms with Crippen molar-refractivity contribution >= 4 is 56.4 Å². The molecule has 4 aromatic rings. The van der Waals surface area contributed by atoms with Crippen LogP contribution in [0.25, 0.3) is 21.5 Å². The van der Waals surface area contributed by atoms with Crippen molar-refractivity contribution in [2.75, 3.05) is 26.0 Å². The summed E-state index contributed by atoms with van der Waals surface area (Å²) in [5.74, 6) is -1.22. The number of fused-ring (bicyclic) bond motifs is 1. The zero-order valence-electron chi connectivity index (χ0n) is 20.8. The molecule has 9 heteroatoms. The van der Waals surface area contributed by atoms with Crippen molar-refractivity contribution in [1.29, 1.82) is 0 Å². The zero-order valence-corrected chi connectivity index (χ0v) is 22.4. The molecule has 4 rings (SSSR count). The van der Waals surface area contributed by atoms with Gasteiger partial charge in [0.15, 0.2) is 0 Å². The highest BCUT2D eigenvalue weighted by Crippen LogP contribution is 2.36. The number of esters is 1. The number of carbonyl (C=O) groups excluding carboxylic acids is 3. The predicted octanol–water partition coefficient (Wildman–Crippen LogP) is 6.03. The molecule has 1 aromatic carbocycles. The van der Waals surface area contributed by atoms with Gasteiger partial charge in [0.05, 0.1) is 38.7 Å². The number of carbonyl (C=O) groups is 3. The van der Waals surface area contributed by atoms with Gasteiger partial charge in [0, 0.05) is 24.4 Å². The highest BCUT2D eigenvalue weighted by molar-refractivity contribution is 7.18. The molecule has 0 saturated carbocycles. The van der Waals surface area contributed by atoms with Gasteiger partial charge in [-0.2, -0.15) is 0 Å². The fourth-order valence-electron chi connectivity index (χ4n) is 3.82. The van der Waals surface area contributed by atoms with E-state index in [9.17, 15) is 14.4 Å². The molecule has 0 bridgehead atoms. The first kappa shape index (κ1) is 25.5. The fraction of sp³-hybridized carbons (Fsp3) is 0.259. The maximum atomic E-state index is 13.7. The van der Waals surface area contributed by atoms with Crippen molar-refractivity contribution in [3.63, 3.8) is 0 Å². The molecule has 0 aliphatic heterocycles. The van der Waals surface area contributed by atoms with Gasteiger partial charge in [-0.15, -0.1) is 22.7 Å². The maximum Gasteiger partial charge on any atom is 0.341 e. The molecule has 1 N–H and O–H groups in total. The van der Waals surface area contributed by atoms with Gasteiger partial charge in [-0.1, -0.05) is 25.1 Å². The number of aromatic nitrogens is 1. The molecule has 0 fully saturated rings. The summed E-state index contributed by atoms with van der Waals surface area (Å²) in [6.07, 6.45) is 0.925. The van der Waals surface area contributed by atoms with Crippen molar-refractivity contribution in [3.05, 3.63) is 68.9 Å². The van der Waals surface area contributed by atoms with Crippen molar-refractivity contribution in [3.8, 4) is 10.6 Å². The molecular weight excluding hydrogens is 494 g/mol. The van der Waals surface area contributed by atoms with Gasteiger partial charge in [-0.05, 0) is 50.1 Å². The number of pyridine rings is 1. The van der Waals surface area contributed by atoms with Gasteiger partial charge < -0.3 is 15.0 Å². The molecule has 186 valence electrons. The van der Waals surface area contributed by atoms with Crippen LogP contribution >= 0.6 is 22.7 Å². The maximum absolute atomic E-state index is 13.7. The summed E-state index contributed by atoms with van der Waals surface area (Å²) in [6, 6.07) is 13.3. The van der Waals surface area contributed by atoms with Crippen LogP contribution in [0, 0.1) is 6.92 Å². The Balaban J connectivity index is 1.80. The lowest BCUT2D eigenvalue weighted by Crippen LogP contribution is -2.21. The molecular formula is C27H27N3O4S2. The van der Waals surface area contributed by atoms with Gasteiger partial charge in [0.25, 0.3) is 11.8 Å². The van der Waals surface area contributed by atoms with E-state index in [-0.39, 0.29) is 23.1 Å². The van der Waals surface area contributed by atoms with Crippen LogP contribution < -0.4 is 5.32 Å². The summed E-state index contributed by atoms with van der Waals surface area (Å²) in [5.41, 5.74) is 2.52. The summed E-state index contributed by atoms with van der Waals surface area (Å²) >= 11 is 2.72. The standard InChI is InChI=1S/C27H27N3O4S2/c1-6-16-12-13-21(35-16)20-14-18(17-10-8-9-11-19(17)28-20)24(31)29-25-22(27(33)34-7-2)15(3)23(36-25)26(32)30(4)5/h8-14H,6-7H2,1-5H3,(H,29,31). The molecule has 0 saturated heterocycles. The van der Waals surface area contributed by atoms with E-state index in [0.717, 1.165) is 22.6 Å². The second-order valence-corrected chi connectivity index (χ2v) is 10.5. The van der Waals surface area contributed by atoms with E-state index in [0.29, 0.717) is 32.6 Å². The Bertz CT molecular complexity index is 1470. The van der Waals surface area contributed by atoms with Crippen LogP contribution in [0.4, 0.5) is 5.00 Å². The van der Waals surface area contributed by atoms with Gasteiger partial charge >= 0.3 is 5.97 Å². The van der Waals surface area contributed by atoms with Crippen molar-refractivity contribution in [2.24, 2.45) is 0 Å². The molecule has 0 unspecified atom stereocenters. The van der Waals surface area contributed by atoms with E-state index in [1.165, 1.54) is 9.78 Å². The fourth-order valence-corrected chi connectivity index (χ4v) is 5.94. The van der Waals surface area contributed by atoms with Crippen molar-refractivity contribution in [1.82, 2.24) is 9.88 Å². The lowest BCUT2D eigenvalue weighted by molar-refractivity contribution is 0.0527. The molecule has 0 aliphatic carbocycles. The minimum atomic E-state index is -0.578. The number of amides is 2. The number of anilines is 1. The number of hydrogen-bond acceptors (Lipinski definition) is 7. The van der Waals surface area contributed by atoms with Crippen molar-refractivity contribution in [2.45, 2.75) is 27.2 Å². The Morgan fingerprint density at radius 1 is 1.06 bits per heavy atom. The third kappa shape index (κ3) is 4.89. The molecule has 0 aliphatic rings. The molecule has 0 spiro atoms. The molecule has 0 radical (unpaired) electrons. The Kier molecular flexibility index (Phi) is 7.51. The SMILES string of the molecule is CCOC(=O)c1c(NC(=O)c2cc(-c3ccc(CC)s3)nc3ccccc23)sc(C(=O)N(C)C)c1C. The molecule has 36 heavy (non-hydrogen) atoms.